The molecular formula is C25H49N2O+. The fraction of sp³-hybridized carbons (Fsp3) is 0.800. The lowest BCUT2D eigenvalue weighted by atomic mass is 10.1. The molecule has 0 bridgehead atoms. The van der Waals surface area contributed by atoms with Crippen LogP contribution in [0.15, 0.2) is 24.3 Å². The molecule has 0 aliphatic rings. The van der Waals surface area contributed by atoms with Crippen molar-refractivity contribution in [2.24, 2.45) is 0 Å². The Balaban J connectivity index is 3.36. The monoisotopic (exact) mass is 393 g/mol. The van der Waals surface area contributed by atoms with Gasteiger partial charge in [-0.2, -0.15) is 0 Å². The summed E-state index contributed by atoms with van der Waals surface area (Å²) in [6.07, 6.45) is 24.5. The molecule has 0 aromatic carbocycles. The minimum Gasteiger partial charge on any atom is -0.356 e. The van der Waals surface area contributed by atoms with Crippen LogP contribution in [0, 0.1) is 0 Å². The molecule has 1 N–H and O–H groups in total. The molecule has 0 atom stereocenters. The van der Waals surface area contributed by atoms with Gasteiger partial charge in [0.05, 0.1) is 27.2 Å². The normalized spacial score (nSPS) is 12.3. The Hall–Kier alpha value is -1.09. The molecule has 3 heteroatoms. The Morgan fingerprint density at radius 1 is 0.786 bits per heavy atom. The number of unbranched alkanes of at least 4 members (excludes halogenated alkanes) is 8. The van der Waals surface area contributed by atoms with Gasteiger partial charge in [0.25, 0.3) is 0 Å². The molecule has 164 valence electrons. The molecular weight excluding hydrogens is 344 g/mol. The van der Waals surface area contributed by atoms with Crippen LogP contribution in [0.4, 0.5) is 0 Å². The summed E-state index contributed by atoms with van der Waals surface area (Å²) in [5.74, 6) is 0.229. The number of hydrogen-bond donors (Lipinski definition) is 1. The van der Waals surface area contributed by atoms with E-state index in [1.807, 2.05) is 0 Å². The largest absolute Gasteiger partial charge is 0.356 e. The van der Waals surface area contributed by atoms with Gasteiger partial charge < -0.3 is 9.80 Å². The van der Waals surface area contributed by atoms with Crippen molar-refractivity contribution >= 4 is 5.91 Å². The molecule has 0 aliphatic carbocycles. The lowest BCUT2D eigenvalue weighted by molar-refractivity contribution is -0.888. The first-order chi connectivity index (χ1) is 13.5. The van der Waals surface area contributed by atoms with E-state index in [9.17, 15) is 4.79 Å². The molecule has 0 aliphatic heterocycles. The second-order valence-corrected chi connectivity index (χ2v) is 8.66. The van der Waals surface area contributed by atoms with Gasteiger partial charge in [0.1, 0.15) is 0 Å². The molecule has 3 nitrogen and oxygen atoms in total. The number of amides is 1. The van der Waals surface area contributed by atoms with E-state index in [0.717, 1.165) is 43.4 Å². The Bertz CT molecular complexity index is 413. The Morgan fingerprint density at radius 2 is 1.39 bits per heavy atom. The summed E-state index contributed by atoms with van der Waals surface area (Å²) in [4.78, 5) is 11.8. The van der Waals surface area contributed by atoms with Gasteiger partial charge in [-0.1, -0.05) is 63.3 Å². The van der Waals surface area contributed by atoms with Gasteiger partial charge in [0, 0.05) is 19.4 Å². The maximum atomic E-state index is 11.8. The van der Waals surface area contributed by atoms with Gasteiger partial charge in [-0.3, -0.25) is 4.79 Å². The highest BCUT2D eigenvalue weighted by Crippen LogP contribution is 2.08. The van der Waals surface area contributed by atoms with E-state index in [2.05, 4.69) is 57.6 Å². The van der Waals surface area contributed by atoms with E-state index < -0.39 is 0 Å². The average molecular weight is 394 g/mol. The average Bonchev–Trinajstić information content (AvgIpc) is 2.68. The van der Waals surface area contributed by atoms with E-state index in [0.29, 0.717) is 6.42 Å². The first kappa shape index (κ1) is 26.9. The van der Waals surface area contributed by atoms with Crippen molar-refractivity contribution < 1.29 is 9.28 Å². The fourth-order valence-electron chi connectivity index (χ4n) is 3.08. The van der Waals surface area contributed by atoms with Crippen molar-refractivity contribution in [3.05, 3.63) is 24.3 Å². The van der Waals surface area contributed by atoms with Crippen molar-refractivity contribution in [1.29, 1.82) is 0 Å². The number of carbonyl (C=O) groups is 1. The SMILES string of the molecule is CCCCC/C=C\C/C=C\CCCCCCCC(=O)NCCC[N+](C)(C)CC. The number of nitrogens with zero attached hydrogens (tertiary/aromatic N) is 1. The van der Waals surface area contributed by atoms with Gasteiger partial charge in [-0.05, 0) is 45.4 Å². The second kappa shape index (κ2) is 19.2. The highest BCUT2D eigenvalue weighted by Gasteiger charge is 2.10. The van der Waals surface area contributed by atoms with E-state index >= 15 is 0 Å². The van der Waals surface area contributed by atoms with Gasteiger partial charge in [0.2, 0.25) is 5.91 Å². The molecule has 0 saturated carbocycles. The van der Waals surface area contributed by atoms with Crippen molar-refractivity contribution in [1.82, 2.24) is 5.32 Å². The van der Waals surface area contributed by atoms with Crippen LogP contribution in [0.5, 0.6) is 0 Å². The number of rotatable bonds is 19. The number of hydrogen-bond acceptors (Lipinski definition) is 1. The highest BCUT2D eigenvalue weighted by atomic mass is 16.1. The Morgan fingerprint density at radius 3 is 2.04 bits per heavy atom. The minimum absolute atomic E-state index is 0.229. The smallest absolute Gasteiger partial charge is 0.219 e. The molecule has 28 heavy (non-hydrogen) atoms. The summed E-state index contributed by atoms with van der Waals surface area (Å²) in [5, 5.41) is 3.07. The summed E-state index contributed by atoms with van der Waals surface area (Å²) in [6.45, 7) is 7.55. The van der Waals surface area contributed by atoms with Crippen LogP contribution in [0.2, 0.25) is 0 Å². The van der Waals surface area contributed by atoms with Crippen molar-refractivity contribution in [2.75, 3.05) is 33.7 Å². The zero-order chi connectivity index (χ0) is 20.9. The van der Waals surface area contributed by atoms with Crippen LogP contribution in [0.1, 0.15) is 97.3 Å². The van der Waals surface area contributed by atoms with E-state index in [4.69, 9.17) is 0 Å². The zero-order valence-electron chi connectivity index (χ0n) is 19.5. The van der Waals surface area contributed by atoms with Crippen LogP contribution in [-0.2, 0) is 4.79 Å². The first-order valence-corrected chi connectivity index (χ1v) is 11.9. The van der Waals surface area contributed by atoms with Crippen LogP contribution in [0.3, 0.4) is 0 Å². The molecule has 0 unspecified atom stereocenters. The molecule has 1 amide bonds. The second-order valence-electron chi connectivity index (χ2n) is 8.66. The first-order valence-electron chi connectivity index (χ1n) is 11.9. The van der Waals surface area contributed by atoms with Crippen molar-refractivity contribution in [3.8, 4) is 0 Å². The molecule has 0 heterocycles. The summed E-state index contributed by atoms with van der Waals surface area (Å²) < 4.78 is 1.03. The maximum Gasteiger partial charge on any atom is 0.219 e. The lowest BCUT2D eigenvalue weighted by Gasteiger charge is -2.28. The molecule has 0 spiro atoms. The zero-order valence-corrected chi connectivity index (χ0v) is 19.5. The molecule has 0 aromatic rings. The number of nitrogens with one attached hydrogen (secondary N) is 1. The van der Waals surface area contributed by atoms with Gasteiger partial charge >= 0.3 is 0 Å². The van der Waals surface area contributed by atoms with Gasteiger partial charge in [0.15, 0.2) is 0 Å². The molecule has 0 saturated heterocycles. The summed E-state index contributed by atoms with van der Waals surface area (Å²) in [6, 6.07) is 0. The van der Waals surface area contributed by atoms with Gasteiger partial charge in [-0.25, -0.2) is 0 Å². The molecule has 0 radical (unpaired) electrons. The summed E-state index contributed by atoms with van der Waals surface area (Å²) >= 11 is 0. The van der Waals surface area contributed by atoms with Crippen LogP contribution < -0.4 is 5.32 Å². The quantitative estimate of drug-likeness (QED) is 0.153. The van der Waals surface area contributed by atoms with Gasteiger partial charge in [-0.15, -0.1) is 0 Å². The third-order valence-corrected chi connectivity index (χ3v) is 5.47. The predicted molar refractivity (Wildman–Crippen MR) is 125 cm³/mol. The van der Waals surface area contributed by atoms with E-state index in [-0.39, 0.29) is 5.91 Å². The minimum atomic E-state index is 0.229. The lowest BCUT2D eigenvalue weighted by Crippen LogP contribution is -2.41. The molecule has 0 rings (SSSR count). The topological polar surface area (TPSA) is 29.1 Å². The standard InChI is InChI=1S/C25H48N2O/c1-5-7-8-9-10-11-12-13-14-15-16-17-18-19-20-22-25(28)26-23-21-24-27(3,4)6-2/h10-11,13-14H,5-9,12,15-24H2,1-4H3/p+1/b11-10-,14-13-. The Kier molecular flexibility index (Phi) is 18.5. The van der Waals surface area contributed by atoms with E-state index in [1.165, 1.54) is 57.8 Å². The molecule has 0 aromatic heterocycles. The summed E-state index contributed by atoms with van der Waals surface area (Å²) in [5.41, 5.74) is 0. The Labute approximate surface area is 176 Å². The van der Waals surface area contributed by atoms with Crippen LogP contribution >= 0.6 is 0 Å². The fourth-order valence-corrected chi connectivity index (χ4v) is 3.08. The number of allylic oxidation sites excluding steroid dienone is 4. The van der Waals surface area contributed by atoms with Crippen molar-refractivity contribution in [3.63, 3.8) is 0 Å². The predicted octanol–water partition coefficient (Wildman–Crippen LogP) is 6.40. The molecule has 0 fully saturated rings. The van der Waals surface area contributed by atoms with Crippen LogP contribution in [0.25, 0.3) is 0 Å². The maximum absolute atomic E-state index is 11.8. The number of quaternary nitrogens is 1. The number of carbonyl (C=O) groups excluding carboxylic acids is 1. The third-order valence-electron chi connectivity index (χ3n) is 5.47. The van der Waals surface area contributed by atoms with E-state index in [1.54, 1.807) is 0 Å². The van der Waals surface area contributed by atoms with Crippen LogP contribution in [-0.4, -0.2) is 44.1 Å². The third kappa shape index (κ3) is 19.7. The van der Waals surface area contributed by atoms with Crippen molar-refractivity contribution in [2.45, 2.75) is 97.3 Å². The highest BCUT2D eigenvalue weighted by molar-refractivity contribution is 5.75. The summed E-state index contributed by atoms with van der Waals surface area (Å²) in [7, 11) is 4.48.